The van der Waals surface area contributed by atoms with Crippen LogP contribution in [0.25, 0.3) is 0 Å². The van der Waals surface area contributed by atoms with Crippen molar-refractivity contribution in [1.29, 1.82) is 5.26 Å². The fourth-order valence-corrected chi connectivity index (χ4v) is 3.98. The lowest BCUT2D eigenvalue weighted by atomic mass is 9.81. The van der Waals surface area contributed by atoms with Gasteiger partial charge in [-0.05, 0) is 44.9 Å². The topological polar surface area (TPSA) is 115 Å². The van der Waals surface area contributed by atoms with Crippen LogP contribution >= 0.6 is 0 Å². The average Bonchev–Trinajstić information content (AvgIpc) is 3.17. The third-order valence-electron chi connectivity index (χ3n) is 6.18. The predicted molar refractivity (Wildman–Crippen MR) is 118 cm³/mol. The molecule has 1 aromatic heterocycles. The summed E-state index contributed by atoms with van der Waals surface area (Å²) in [5, 5.41) is 13.5. The fraction of sp³-hybridized carbons (Fsp3) is 0.500. The molecule has 2 aromatic rings. The lowest BCUT2D eigenvalue weighted by molar-refractivity contribution is -0.138. The van der Waals surface area contributed by atoms with Crippen molar-refractivity contribution in [1.82, 2.24) is 10.1 Å². The number of amides is 1. The average molecular weight is 456 g/mol. The van der Waals surface area contributed by atoms with Crippen molar-refractivity contribution in [2.45, 2.75) is 58.1 Å². The first-order valence-electron chi connectivity index (χ1n) is 10.9. The van der Waals surface area contributed by atoms with Crippen molar-refractivity contribution in [2.24, 2.45) is 0 Å². The first kappa shape index (κ1) is 24.1. The van der Waals surface area contributed by atoms with Crippen molar-refractivity contribution in [3.05, 3.63) is 40.8 Å². The Hall–Kier alpha value is -3.54. The molecule has 0 N–H and O–H groups in total. The number of methoxy groups -OCH3 is 1. The highest BCUT2D eigenvalue weighted by Gasteiger charge is 2.39. The van der Waals surface area contributed by atoms with Crippen LogP contribution in [0.1, 0.15) is 59.5 Å². The number of esters is 1. The number of rotatable bonds is 8. The third kappa shape index (κ3) is 5.28. The van der Waals surface area contributed by atoms with Gasteiger partial charge in [0.25, 0.3) is 5.91 Å². The summed E-state index contributed by atoms with van der Waals surface area (Å²) in [6.45, 7) is 3.44. The highest BCUT2D eigenvalue weighted by Crippen LogP contribution is 2.33. The van der Waals surface area contributed by atoms with Gasteiger partial charge in [-0.25, -0.2) is 4.79 Å². The van der Waals surface area contributed by atoms with Crippen LogP contribution in [0.15, 0.2) is 22.7 Å². The van der Waals surface area contributed by atoms with Gasteiger partial charge >= 0.3 is 5.97 Å². The maximum Gasteiger partial charge on any atom is 0.338 e. The van der Waals surface area contributed by atoms with Gasteiger partial charge in [0.1, 0.15) is 17.9 Å². The van der Waals surface area contributed by atoms with Gasteiger partial charge in [0.05, 0.1) is 30.0 Å². The molecule has 0 saturated heterocycles. The van der Waals surface area contributed by atoms with Crippen LogP contribution in [0, 0.1) is 25.2 Å². The summed E-state index contributed by atoms with van der Waals surface area (Å²) >= 11 is 0. The van der Waals surface area contributed by atoms with E-state index in [1.165, 1.54) is 18.1 Å². The molecule has 1 fully saturated rings. The van der Waals surface area contributed by atoms with Crippen LogP contribution in [-0.2, 0) is 16.1 Å². The van der Waals surface area contributed by atoms with Gasteiger partial charge in [-0.1, -0.05) is 24.4 Å². The number of hydrogen-bond donors (Lipinski definition) is 0. The highest BCUT2D eigenvalue weighted by molar-refractivity contribution is 5.92. The van der Waals surface area contributed by atoms with Crippen molar-refractivity contribution in [3.63, 3.8) is 0 Å². The second kappa shape index (κ2) is 10.4. The number of nitriles is 1. The molecular formula is C24H29N3O6. The molecule has 0 aliphatic heterocycles. The maximum atomic E-state index is 12.6. The van der Waals surface area contributed by atoms with E-state index in [9.17, 15) is 14.9 Å². The molecule has 9 nitrogen and oxygen atoms in total. The molecule has 3 rings (SSSR count). The number of aryl methyl sites for hydroxylation is 2. The lowest BCUT2D eigenvalue weighted by Crippen LogP contribution is -2.51. The van der Waals surface area contributed by atoms with E-state index < -0.39 is 24.0 Å². The molecule has 33 heavy (non-hydrogen) atoms. The van der Waals surface area contributed by atoms with E-state index in [1.807, 2.05) is 6.92 Å². The molecule has 0 radical (unpaired) electrons. The minimum absolute atomic E-state index is 0.222. The summed E-state index contributed by atoms with van der Waals surface area (Å²) in [5.74, 6) is 0.399. The minimum atomic E-state index is -0.828. The Labute approximate surface area is 193 Å². The summed E-state index contributed by atoms with van der Waals surface area (Å²) in [7, 11) is 3.07. The number of likely N-dealkylation sites (N-methyl/N-ethyl adjacent to an activating group) is 1. The second-order valence-electron chi connectivity index (χ2n) is 8.19. The normalized spacial score (nSPS) is 14.8. The molecule has 0 atom stereocenters. The summed E-state index contributed by atoms with van der Waals surface area (Å²) < 4.78 is 21.5. The molecule has 1 aliphatic carbocycles. The number of ether oxygens (including phenoxy) is 3. The molecule has 9 heteroatoms. The Bertz CT molecular complexity index is 1030. The minimum Gasteiger partial charge on any atom is -0.493 e. The number of hydrogen-bond acceptors (Lipinski definition) is 8. The van der Waals surface area contributed by atoms with Gasteiger partial charge in [0.2, 0.25) is 0 Å². The zero-order valence-corrected chi connectivity index (χ0v) is 19.5. The SMILES string of the molecule is COc1cc(C(=O)OCC(=O)N(C)C2(C#N)CCCCC2)ccc1OCc1c(C)noc1C. The van der Waals surface area contributed by atoms with Crippen LogP contribution < -0.4 is 9.47 Å². The Morgan fingerprint density at radius 2 is 1.94 bits per heavy atom. The standard InChI is InChI=1S/C24H29N3O6/c1-16-19(17(2)33-26-16)13-31-20-9-8-18(12-21(20)30-4)23(29)32-14-22(28)27(3)24(15-25)10-6-5-7-11-24/h8-9,12H,5-7,10-11,13-14H2,1-4H3. The summed E-state index contributed by atoms with van der Waals surface area (Å²) in [6.07, 6.45) is 4.11. The molecule has 0 bridgehead atoms. The first-order chi connectivity index (χ1) is 15.8. The monoisotopic (exact) mass is 455 g/mol. The Kier molecular flexibility index (Phi) is 7.59. The first-order valence-corrected chi connectivity index (χ1v) is 10.9. The molecule has 176 valence electrons. The van der Waals surface area contributed by atoms with Crippen molar-refractivity contribution in [2.75, 3.05) is 20.8 Å². The van der Waals surface area contributed by atoms with Crippen molar-refractivity contribution < 1.29 is 28.3 Å². The largest absolute Gasteiger partial charge is 0.493 e. The van der Waals surface area contributed by atoms with Crippen LogP contribution in [0.2, 0.25) is 0 Å². The van der Waals surface area contributed by atoms with Crippen LogP contribution in [0.4, 0.5) is 0 Å². The number of carbonyl (C=O) groups excluding carboxylic acids is 2. The molecule has 0 unspecified atom stereocenters. The zero-order valence-electron chi connectivity index (χ0n) is 19.5. The molecule has 0 spiro atoms. The number of aromatic nitrogens is 1. The van der Waals surface area contributed by atoms with Gasteiger partial charge < -0.3 is 23.6 Å². The van der Waals surface area contributed by atoms with Gasteiger partial charge in [0.15, 0.2) is 18.1 Å². The lowest BCUT2D eigenvalue weighted by Gasteiger charge is -2.38. The highest BCUT2D eigenvalue weighted by atomic mass is 16.5. The summed E-state index contributed by atoms with van der Waals surface area (Å²) in [4.78, 5) is 26.6. The Balaban J connectivity index is 1.61. The van der Waals surface area contributed by atoms with E-state index in [2.05, 4.69) is 11.2 Å². The van der Waals surface area contributed by atoms with Crippen LogP contribution in [0.5, 0.6) is 11.5 Å². The van der Waals surface area contributed by atoms with E-state index in [0.717, 1.165) is 30.5 Å². The molecular weight excluding hydrogens is 426 g/mol. The van der Waals surface area contributed by atoms with E-state index in [-0.39, 0.29) is 12.2 Å². The van der Waals surface area contributed by atoms with E-state index in [4.69, 9.17) is 18.7 Å². The van der Waals surface area contributed by atoms with E-state index in [0.29, 0.717) is 30.1 Å². The zero-order chi connectivity index (χ0) is 24.0. The summed E-state index contributed by atoms with van der Waals surface area (Å²) in [6, 6.07) is 6.94. The second-order valence-corrected chi connectivity index (χ2v) is 8.19. The Morgan fingerprint density at radius 1 is 1.21 bits per heavy atom. The predicted octanol–water partition coefficient (Wildman–Crippen LogP) is 3.72. The van der Waals surface area contributed by atoms with Crippen molar-refractivity contribution >= 4 is 11.9 Å². The quantitative estimate of drug-likeness (QED) is 0.553. The molecule has 1 amide bonds. The third-order valence-corrected chi connectivity index (χ3v) is 6.18. The van der Waals surface area contributed by atoms with E-state index in [1.54, 1.807) is 26.1 Å². The van der Waals surface area contributed by atoms with Gasteiger partial charge in [-0.15, -0.1) is 0 Å². The van der Waals surface area contributed by atoms with Gasteiger partial charge in [-0.3, -0.25) is 4.79 Å². The molecule has 1 saturated carbocycles. The fourth-order valence-electron chi connectivity index (χ4n) is 3.98. The molecule has 1 aromatic carbocycles. The van der Waals surface area contributed by atoms with Crippen molar-refractivity contribution in [3.8, 4) is 17.6 Å². The maximum absolute atomic E-state index is 12.6. The number of nitrogens with zero attached hydrogens (tertiary/aromatic N) is 3. The number of carbonyl (C=O) groups is 2. The smallest absolute Gasteiger partial charge is 0.338 e. The molecule has 1 aliphatic rings. The van der Waals surface area contributed by atoms with Crippen LogP contribution in [-0.4, -0.2) is 48.2 Å². The summed E-state index contributed by atoms with van der Waals surface area (Å²) in [5.41, 5.74) is 0.981. The molecule has 1 heterocycles. The Morgan fingerprint density at radius 3 is 2.55 bits per heavy atom. The van der Waals surface area contributed by atoms with Crippen LogP contribution in [0.3, 0.4) is 0 Å². The number of benzene rings is 1. The van der Waals surface area contributed by atoms with Gasteiger partial charge in [-0.2, -0.15) is 5.26 Å². The van der Waals surface area contributed by atoms with Gasteiger partial charge in [0, 0.05) is 7.05 Å². The van der Waals surface area contributed by atoms with E-state index >= 15 is 0 Å².